The van der Waals surface area contributed by atoms with E-state index in [1.807, 2.05) is 42.9 Å². The number of para-hydroxylation sites is 1. The standard InChI is InChI=1S/C31H40N4O6S/c1-21-14-15-23(16-24(21)18-34-17-22(2)41-27-12-8-9-13-28(27)42(34,38)39)29(31(3,4)30(36)37)40-20-25-19-35(33-32-25)26-10-6-5-7-11-26/h8-9,12-16,19,22,26,29H,5-7,10-11,17-18,20H2,1-4H3,(H,36,37)/t22-,29?/m1/s1. The third-order valence-electron chi connectivity index (χ3n) is 8.39. The predicted molar refractivity (Wildman–Crippen MR) is 156 cm³/mol. The highest BCUT2D eigenvalue weighted by Gasteiger charge is 2.40. The summed E-state index contributed by atoms with van der Waals surface area (Å²) >= 11 is 0. The summed E-state index contributed by atoms with van der Waals surface area (Å²) in [6.07, 6.45) is 6.48. The van der Waals surface area contributed by atoms with Gasteiger partial charge in [0, 0.05) is 6.54 Å². The van der Waals surface area contributed by atoms with Gasteiger partial charge in [0.15, 0.2) is 0 Å². The van der Waals surface area contributed by atoms with Gasteiger partial charge in [-0.2, -0.15) is 4.31 Å². The van der Waals surface area contributed by atoms with Crippen LogP contribution in [0.3, 0.4) is 0 Å². The second-order valence-electron chi connectivity index (χ2n) is 12.1. The minimum Gasteiger partial charge on any atom is -0.488 e. The highest BCUT2D eigenvalue weighted by atomic mass is 32.2. The minimum absolute atomic E-state index is 0.101. The lowest BCUT2D eigenvalue weighted by Crippen LogP contribution is -2.36. The van der Waals surface area contributed by atoms with Gasteiger partial charge in [-0.1, -0.05) is 54.8 Å². The minimum atomic E-state index is -3.83. The first kappa shape index (κ1) is 30.2. The molecular weight excluding hydrogens is 556 g/mol. The molecule has 226 valence electrons. The molecule has 0 bridgehead atoms. The van der Waals surface area contributed by atoms with Crippen molar-refractivity contribution >= 4 is 16.0 Å². The molecule has 2 aromatic carbocycles. The van der Waals surface area contributed by atoms with Gasteiger partial charge in [0.1, 0.15) is 22.4 Å². The van der Waals surface area contributed by atoms with E-state index in [0.717, 1.165) is 24.0 Å². The van der Waals surface area contributed by atoms with Crippen molar-refractivity contribution in [1.82, 2.24) is 19.3 Å². The van der Waals surface area contributed by atoms with E-state index in [-0.39, 0.29) is 30.7 Å². The molecule has 0 radical (unpaired) electrons. The number of aromatic nitrogens is 3. The van der Waals surface area contributed by atoms with E-state index in [1.54, 1.807) is 38.1 Å². The maximum Gasteiger partial charge on any atom is 0.312 e. The smallest absolute Gasteiger partial charge is 0.312 e. The van der Waals surface area contributed by atoms with Crippen LogP contribution < -0.4 is 4.74 Å². The van der Waals surface area contributed by atoms with E-state index < -0.39 is 27.5 Å². The zero-order chi connectivity index (χ0) is 30.1. The van der Waals surface area contributed by atoms with Crippen LogP contribution in [0.1, 0.15) is 87.4 Å². The van der Waals surface area contributed by atoms with E-state index in [4.69, 9.17) is 9.47 Å². The molecule has 2 atom stereocenters. The SMILES string of the molecule is Cc1ccc(C(OCc2cn(C3CCCCC3)nn2)C(C)(C)C(=O)O)cc1CN1C[C@@H](C)Oc2ccccc2S1(=O)=O. The molecule has 0 spiro atoms. The van der Waals surface area contributed by atoms with Gasteiger partial charge in [0.25, 0.3) is 0 Å². The largest absolute Gasteiger partial charge is 0.488 e. The first-order chi connectivity index (χ1) is 20.0. The Kier molecular flexibility index (Phi) is 8.73. The fraction of sp³-hybridized carbons (Fsp3) is 0.516. The number of fused-ring (bicyclic) bond motifs is 1. The van der Waals surface area contributed by atoms with Crippen molar-refractivity contribution in [1.29, 1.82) is 0 Å². The molecule has 1 aromatic heterocycles. The van der Waals surface area contributed by atoms with E-state index in [0.29, 0.717) is 23.0 Å². The molecule has 1 aliphatic carbocycles. The van der Waals surface area contributed by atoms with Gasteiger partial charge in [0.05, 0.1) is 36.9 Å². The van der Waals surface area contributed by atoms with Crippen LogP contribution in [0.4, 0.5) is 0 Å². The number of ether oxygens (including phenoxy) is 2. The van der Waals surface area contributed by atoms with Crippen LogP contribution in [0.25, 0.3) is 0 Å². The lowest BCUT2D eigenvalue weighted by molar-refractivity contribution is -0.158. The van der Waals surface area contributed by atoms with Crippen LogP contribution in [0, 0.1) is 12.3 Å². The van der Waals surface area contributed by atoms with E-state index in [9.17, 15) is 18.3 Å². The van der Waals surface area contributed by atoms with Crippen LogP contribution in [-0.4, -0.2) is 51.4 Å². The summed E-state index contributed by atoms with van der Waals surface area (Å²) in [6, 6.07) is 12.6. The van der Waals surface area contributed by atoms with Gasteiger partial charge in [-0.05, 0) is 69.4 Å². The number of carbonyl (C=O) groups is 1. The molecule has 42 heavy (non-hydrogen) atoms. The average molecular weight is 597 g/mol. The van der Waals surface area contributed by atoms with E-state index in [2.05, 4.69) is 10.3 Å². The monoisotopic (exact) mass is 596 g/mol. The first-order valence-electron chi connectivity index (χ1n) is 14.6. The highest BCUT2D eigenvalue weighted by molar-refractivity contribution is 7.89. The lowest BCUT2D eigenvalue weighted by Gasteiger charge is -2.31. The Bertz CT molecular complexity index is 1530. The number of hydrogen-bond acceptors (Lipinski definition) is 7. The van der Waals surface area contributed by atoms with E-state index in [1.165, 1.54) is 23.6 Å². The first-order valence-corrected chi connectivity index (χ1v) is 16.0. The summed E-state index contributed by atoms with van der Waals surface area (Å²) in [5, 5.41) is 18.8. The summed E-state index contributed by atoms with van der Waals surface area (Å²) in [6.45, 7) is 7.42. The number of sulfonamides is 1. The average Bonchev–Trinajstić information content (AvgIpc) is 3.40. The van der Waals surface area contributed by atoms with Crippen LogP contribution in [0.2, 0.25) is 0 Å². The number of hydrogen-bond donors (Lipinski definition) is 1. The molecule has 2 aliphatic rings. The van der Waals surface area contributed by atoms with Crippen molar-refractivity contribution in [3.63, 3.8) is 0 Å². The fourth-order valence-corrected chi connectivity index (χ4v) is 7.42. The van der Waals surface area contributed by atoms with Crippen LogP contribution in [-0.2, 0) is 32.7 Å². The molecule has 3 aromatic rings. The van der Waals surface area contributed by atoms with Crippen LogP contribution in [0.15, 0.2) is 53.6 Å². The van der Waals surface area contributed by atoms with Crippen molar-refractivity contribution in [2.24, 2.45) is 5.41 Å². The number of rotatable bonds is 9. The van der Waals surface area contributed by atoms with Gasteiger partial charge in [-0.15, -0.1) is 5.10 Å². The van der Waals surface area contributed by atoms with Crippen molar-refractivity contribution in [2.45, 2.75) is 96.1 Å². The predicted octanol–water partition coefficient (Wildman–Crippen LogP) is 5.43. The molecule has 1 aliphatic heterocycles. The Balaban J connectivity index is 1.41. The summed E-state index contributed by atoms with van der Waals surface area (Å²) in [4.78, 5) is 12.5. The lowest BCUT2D eigenvalue weighted by atomic mass is 9.81. The van der Waals surface area contributed by atoms with Gasteiger partial charge in [-0.3, -0.25) is 4.79 Å². The summed E-state index contributed by atoms with van der Waals surface area (Å²) in [5.41, 5.74) is 1.67. The Morgan fingerprint density at radius 3 is 2.64 bits per heavy atom. The number of aliphatic carboxylic acids is 1. The van der Waals surface area contributed by atoms with Crippen molar-refractivity contribution in [2.75, 3.05) is 6.54 Å². The topological polar surface area (TPSA) is 124 Å². The second-order valence-corrected chi connectivity index (χ2v) is 14.0. The quantitative estimate of drug-likeness (QED) is 0.347. The van der Waals surface area contributed by atoms with E-state index >= 15 is 0 Å². The van der Waals surface area contributed by atoms with Gasteiger partial charge in [0.2, 0.25) is 10.0 Å². The number of carboxylic acid groups (broad SMARTS) is 1. The Hall–Kier alpha value is -3.28. The Morgan fingerprint density at radius 1 is 1.17 bits per heavy atom. The summed E-state index contributed by atoms with van der Waals surface area (Å²) in [7, 11) is -3.83. The normalized spacial score (nSPS) is 20.3. The summed E-state index contributed by atoms with van der Waals surface area (Å²) < 4.78 is 42.9. The van der Waals surface area contributed by atoms with Gasteiger partial charge in [-0.25, -0.2) is 13.1 Å². The molecule has 1 fully saturated rings. The Morgan fingerprint density at radius 2 is 1.90 bits per heavy atom. The van der Waals surface area contributed by atoms with Crippen molar-refractivity contribution in [3.05, 3.63) is 71.0 Å². The molecule has 1 N–H and O–H groups in total. The Labute approximate surface area is 247 Å². The molecule has 5 rings (SSSR count). The molecule has 0 saturated heterocycles. The van der Waals surface area contributed by atoms with Gasteiger partial charge < -0.3 is 14.6 Å². The maximum atomic E-state index is 13.7. The maximum absolute atomic E-state index is 13.7. The van der Waals surface area contributed by atoms with Crippen LogP contribution in [0.5, 0.6) is 5.75 Å². The third kappa shape index (κ3) is 6.23. The fourth-order valence-electron chi connectivity index (χ4n) is 5.81. The molecule has 10 nitrogen and oxygen atoms in total. The molecule has 11 heteroatoms. The number of nitrogens with zero attached hydrogens (tertiary/aromatic N) is 4. The number of aryl methyl sites for hydroxylation is 1. The van der Waals surface area contributed by atoms with Crippen molar-refractivity contribution < 1.29 is 27.8 Å². The highest BCUT2D eigenvalue weighted by Crippen LogP contribution is 2.39. The van der Waals surface area contributed by atoms with Gasteiger partial charge >= 0.3 is 5.97 Å². The zero-order valence-electron chi connectivity index (χ0n) is 24.7. The molecule has 1 unspecified atom stereocenters. The molecule has 1 saturated carbocycles. The second kappa shape index (κ2) is 12.1. The zero-order valence-corrected chi connectivity index (χ0v) is 25.5. The molecule has 0 amide bonds. The van der Waals surface area contributed by atoms with Crippen molar-refractivity contribution in [3.8, 4) is 5.75 Å². The molecular formula is C31H40N4O6S. The summed E-state index contributed by atoms with van der Waals surface area (Å²) in [5.74, 6) is -0.659. The number of benzene rings is 2. The number of carboxylic acids is 1. The molecule has 2 heterocycles. The third-order valence-corrected chi connectivity index (χ3v) is 10.2. The van der Waals surface area contributed by atoms with Crippen LogP contribution >= 0.6 is 0 Å².